The Morgan fingerprint density at radius 3 is 2.69 bits per heavy atom. The number of nitrogens with one attached hydrogen (secondary N) is 2. The quantitative estimate of drug-likeness (QED) is 0.520. The van der Waals surface area contributed by atoms with Crippen LogP contribution in [0.1, 0.15) is 21.6 Å². The number of hydrogen-bond donors (Lipinski definition) is 2. The summed E-state index contributed by atoms with van der Waals surface area (Å²) in [4.78, 5) is 20.0. The molecule has 0 aliphatic heterocycles. The molecule has 0 spiro atoms. The zero-order chi connectivity index (χ0) is 20.4. The first kappa shape index (κ1) is 18.9. The van der Waals surface area contributed by atoms with Gasteiger partial charge in [-0.2, -0.15) is 0 Å². The molecule has 0 saturated carbocycles. The van der Waals surface area contributed by atoms with Crippen molar-refractivity contribution in [3.63, 3.8) is 0 Å². The van der Waals surface area contributed by atoms with Gasteiger partial charge in [0.2, 0.25) is 0 Å². The van der Waals surface area contributed by atoms with Crippen molar-refractivity contribution in [2.75, 3.05) is 14.2 Å². The van der Waals surface area contributed by atoms with Crippen molar-refractivity contribution in [2.24, 2.45) is 0 Å². The summed E-state index contributed by atoms with van der Waals surface area (Å²) in [7, 11) is 3.12. The lowest BCUT2D eigenvalue weighted by atomic mass is 10.0. The number of fused-ring (bicyclic) bond motifs is 3. The number of methoxy groups -OCH3 is 1. The third-order valence-corrected chi connectivity index (χ3v) is 4.80. The number of halogens is 1. The Labute approximate surface area is 166 Å². The first-order valence-electron chi connectivity index (χ1n) is 9.13. The maximum Gasteiger partial charge on any atom is 0.270 e. The molecule has 6 nitrogen and oxygen atoms in total. The summed E-state index contributed by atoms with van der Waals surface area (Å²) in [5.74, 6) is -0.0220. The minimum atomic E-state index is -0.315. The minimum Gasteiger partial charge on any atom is -0.488 e. The van der Waals surface area contributed by atoms with Gasteiger partial charge in [0.1, 0.15) is 23.9 Å². The number of rotatable bonds is 6. The van der Waals surface area contributed by atoms with E-state index in [-0.39, 0.29) is 24.9 Å². The highest BCUT2D eigenvalue weighted by molar-refractivity contribution is 6.14. The molecule has 0 radical (unpaired) electrons. The van der Waals surface area contributed by atoms with Gasteiger partial charge in [-0.3, -0.25) is 4.79 Å². The highest BCUT2D eigenvalue weighted by Gasteiger charge is 2.20. The molecule has 7 heteroatoms. The Morgan fingerprint density at radius 1 is 1.10 bits per heavy atom. The lowest BCUT2D eigenvalue weighted by molar-refractivity contribution is 0.0953. The van der Waals surface area contributed by atoms with E-state index < -0.39 is 0 Å². The lowest BCUT2D eigenvalue weighted by Gasteiger charge is -2.11. The molecule has 2 N–H and O–H groups in total. The van der Waals surface area contributed by atoms with Crippen LogP contribution in [0.2, 0.25) is 0 Å². The zero-order valence-electron chi connectivity index (χ0n) is 16.1. The summed E-state index contributed by atoms with van der Waals surface area (Å²) in [6.07, 6.45) is 1.62. The van der Waals surface area contributed by atoms with E-state index in [1.807, 2.05) is 18.2 Å². The maximum atomic E-state index is 14.0. The van der Waals surface area contributed by atoms with E-state index >= 15 is 0 Å². The Bertz CT molecular complexity index is 1200. The predicted octanol–water partition coefficient (Wildman–Crippen LogP) is 3.94. The molecule has 1 amide bonds. The van der Waals surface area contributed by atoms with Gasteiger partial charge in [-0.25, -0.2) is 9.37 Å². The van der Waals surface area contributed by atoms with Gasteiger partial charge in [0.05, 0.1) is 23.8 Å². The number of carbonyl (C=O) groups is 1. The second-order valence-corrected chi connectivity index (χ2v) is 6.57. The Kier molecular flexibility index (Phi) is 5.14. The highest BCUT2D eigenvalue weighted by atomic mass is 19.1. The van der Waals surface area contributed by atoms with Crippen LogP contribution in [0.4, 0.5) is 4.39 Å². The summed E-state index contributed by atoms with van der Waals surface area (Å²) in [6.45, 7) is 0.299. The van der Waals surface area contributed by atoms with Crippen LogP contribution in [0.15, 0.2) is 48.7 Å². The van der Waals surface area contributed by atoms with Gasteiger partial charge in [0.25, 0.3) is 5.91 Å². The first-order chi connectivity index (χ1) is 14.1. The summed E-state index contributed by atoms with van der Waals surface area (Å²) in [5, 5.41) is 4.22. The van der Waals surface area contributed by atoms with Gasteiger partial charge < -0.3 is 19.8 Å². The molecule has 0 aliphatic carbocycles. The molecule has 0 aliphatic rings. The summed E-state index contributed by atoms with van der Waals surface area (Å²) in [5.41, 5.74) is 3.03. The molecule has 4 aromatic rings. The number of benzene rings is 2. The van der Waals surface area contributed by atoms with E-state index in [0.717, 1.165) is 21.8 Å². The van der Waals surface area contributed by atoms with Crippen LogP contribution >= 0.6 is 0 Å². The van der Waals surface area contributed by atoms with Gasteiger partial charge in [-0.15, -0.1) is 0 Å². The minimum absolute atomic E-state index is 0.0887. The Hall–Kier alpha value is -3.45. The maximum absolute atomic E-state index is 14.0. The molecule has 29 heavy (non-hydrogen) atoms. The van der Waals surface area contributed by atoms with E-state index in [0.29, 0.717) is 22.6 Å². The van der Waals surface area contributed by atoms with Crippen molar-refractivity contribution in [1.29, 1.82) is 0 Å². The molecule has 4 rings (SSSR count). The summed E-state index contributed by atoms with van der Waals surface area (Å²) < 4.78 is 25.3. The van der Waals surface area contributed by atoms with E-state index in [4.69, 9.17) is 9.47 Å². The number of nitrogens with zero attached hydrogens (tertiary/aromatic N) is 1. The van der Waals surface area contributed by atoms with E-state index in [9.17, 15) is 9.18 Å². The number of amides is 1. The first-order valence-corrected chi connectivity index (χ1v) is 9.13. The highest BCUT2D eigenvalue weighted by Crippen LogP contribution is 2.36. The average molecular weight is 393 g/mol. The zero-order valence-corrected chi connectivity index (χ0v) is 16.1. The number of hydrogen-bond acceptors (Lipinski definition) is 4. The molecule has 0 fully saturated rings. The Morgan fingerprint density at radius 2 is 1.93 bits per heavy atom. The van der Waals surface area contributed by atoms with Crippen molar-refractivity contribution in [3.05, 3.63) is 71.3 Å². The van der Waals surface area contributed by atoms with Crippen LogP contribution in [0.5, 0.6) is 5.75 Å². The number of ether oxygens (including phenoxy) is 2. The van der Waals surface area contributed by atoms with Crippen LogP contribution < -0.4 is 10.1 Å². The van der Waals surface area contributed by atoms with Crippen molar-refractivity contribution >= 4 is 27.7 Å². The summed E-state index contributed by atoms with van der Waals surface area (Å²) in [6, 6.07) is 12.1. The fourth-order valence-electron chi connectivity index (χ4n) is 3.46. The normalized spacial score (nSPS) is 11.1. The number of H-pyrrole nitrogens is 1. The molecule has 0 unspecified atom stereocenters. The molecular weight excluding hydrogens is 373 g/mol. The Balaban J connectivity index is 1.88. The van der Waals surface area contributed by atoms with Gasteiger partial charge in [-0.1, -0.05) is 24.3 Å². The van der Waals surface area contributed by atoms with Gasteiger partial charge >= 0.3 is 0 Å². The second-order valence-electron chi connectivity index (χ2n) is 6.57. The van der Waals surface area contributed by atoms with Crippen molar-refractivity contribution < 1.29 is 18.7 Å². The molecule has 2 aromatic heterocycles. The summed E-state index contributed by atoms with van der Waals surface area (Å²) >= 11 is 0. The van der Waals surface area contributed by atoms with Crippen molar-refractivity contribution in [3.8, 4) is 5.75 Å². The van der Waals surface area contributed by atoms with E-state index in [1.165, 1.54) is 6.07 Å². The number of pyridine rings is 1. The molecule has 148 valence electrons. The number of carbonyl (C=O) groups excluding carboxylic acids is 1. The second kappa shape index (κ2) is 7.89. The van der Waals surface area contributed by atoms with Crippen LogP contribution in [0, 0.1) is 5.82 Å². The van der Waals surface area contributed by atoms with Crippen LogP contribution in [-0.4, -0.2) is 30.0 Å². The molecular formula is C22H20FN3O3. The predicted molar refractivity (Wildman–Crippen MR) is 108 cm³/mol. The smallest absolute Gasteiger partial charge is 0.270 e. The monoisotopic (exact) mass is 393 g/mol. The van der Waals surface area contributed by atoms with Gasteiger partial charge in [-0.05, 0) is 18.2 Å². The molecule has 2 aromatic carbocycles. The van der Waals surface area contributed by atoms with E-state index in [2.05, 4.69) is 15.3 Å². The standard InChI is InChI=1S/C22H20FN3O3/c1-24-22(27)21-14(12-28-2)19-17(10-25-21)26-16-8-5-9-18(20(16)19)29-11-13-6-3-4-7-15(13)23/h3-10,26H,11-12H2,1-2H3,(H,24,27). The van der Waals surface area contributed by atoms with Crippen molar-refractivity contribution in [2.45, 2.75) is 13.2 Å². The largest absolute Gasteiger partial charge is 0.488 e. The topological polar surface area (TPSA) is 76.2 Å². The molecule has 0 atom stereocenters. The lowest BCUT2D eigenvalue weighted by Crippen LogP contribution is -2.21. The number of aromatic amines is 1. The van der Waals surface area contributed by atoms with E-state index in [1.54, 1.807) is 38.6 Å². The average Bonchev–Trinajstić information content (AvgIpc) is 3.12. The fourth-order valence-corrected chi connectivity index (χ4v) is 3.46. The third kappa shape index (κ3) is 3.40. The fraction of sp³-hybridized carbons (Fsp3) is 0.182. The number of aromatic nitrogens is 2. The third-order valence-electron chi connectivity index (χ3n) is 4.80. The molecule has 0 bridgehead atoms. The van der Waals surface area contributed by atoms with Crippen LogP contribution in [0.3, 0.4) is 0 Å². The van der Waals surface area contributed by atoms with Crippen molar-refractivity contribution in [1.82, 2.24) is 15.3 Å². The SMILES string of the molecule is CNC(=O)c1ncc2[nH]c3cccc(OCc4ccccc4F)c3c2c1COC. The van der Waals surface area contributed by atoms with Gasteiger partial charge in [0, 0.05) is 36.1 Å². The van der Waals surface area contributed by atoms with Crippen LogP contribution in [0.25, 0.3) is 21.8 Å². The van der Waals surface area contributed by atoms with Crippen LogP contribution in [-0.2, 0) is 18.0 Å². The molecule has 0 saturated heterocycles. The van der Waals surface area contributed by atoms with Gasteiger partial charge in [0.15, 0.2) is 0 Å². The molecule has 2 heterocycles.